The minimum atomic E-state index is -0.637. The van der Waals surface area contributed by atoms with Crippen molar-refractivity contribution in [1.29, 1.82) is 0 Å². The Kier molecular flexibility index (Phi) is 6.64. The largest absolute Gasteiger partial charge is 0.317 e. The molecular formula is C9H20ClFN2. The lowest BCUT2D eigenvalue weighted by atomic mass is 9.93. The van der Waals surface area contributed by atoms with Crippen LogP contribution < -0.4 is 5.32 Å². The Morgan fingerprint density at radius 3 is 2.38 bits per heavy atom. The maximum absolute atomic E-state index is 13.5. The third kappa shape index (κ3) is 4.79. The van der Waals surface area contributed by atoms with Gasteiger partial charge in [-0.05, 0) is 45.9 Å². The second kappa shape index (κ2) is 6.57. The molecule has 4 heteroatoms. The van der Waals surface area contributed by atoms with Crippen LogP contribution in [0.5, 0.6) is 0 Å². The summed E-state index contributed by atoms with van der Waals surface area (Å²) in [5, 5.41) is 3.24. The lowest BCUT2D eigenvalue weighted by Crippen LogP contribution is -2.36. The highest BCUT2D eigenvalue weighted by molar-refractivity contribution is 5.85. The highest BCUT2D eigenvalue weighted by Gasteiger charge is 2.23. The van der Waals surface area contributed by atoms with Gasteiger partial charge >= 0.3 is 0 Å². The topological polar surface area (TPSA) is 15.3 Å². The molecule has 13 heavy (non-hydrogen) atoms. The summed E-state index contributed by atoms with van der Waals surface area (Å²) in [5.41, 5.74) is 0. The summed E-state index contributed by atoms with van der Waals surface area (Å²) < 4.78 is 13.5. The van der Waals surface area contributed by atoms with E-state index in [0.29, 0.717) is 6.54 Å². The van der Waals surface area contributed by atoms with Gasteiger partial charge in [0, 0.05) is 6.54 Å². The van der Waals surface area contributed by atoms with E-state index in [1.807, 2.05) is 19.0 Å². The van der Waals surface area contributed by atoms with Crippen LogP contribution in [-0.2, 0) is 0 Å². The van der Waals surface area contributed by atoms with Crippen LogP contribution in [0.1, 0.15) is 12.8 Å². The van der Waals surface area contributed by atoms with E-state index in [-0.39, 0.29) is 18.3 Å². The third-order valence-electron chi connectivity index (χ3n) is 2.43. The van der Waals surface area contributed by atoms with Crippen LogP contribution in [-0.4, -0.2) is 44.8 Å². The maximum Gasteiger partial charge on any atom is 0.116 e. The molecule has 0 aliphatic carbocycles. The van der Waals surface area contributed by atoms with Gasteiger partial charge in [0.15, 0.2) is 0 Å². The van der Waals surface area contributed by atoms with Crippen molar-refractivity contribution in [2.45, 2.75) is 19.0 Å². The maximum atomic E-state index is 13.5. The molecule has 1 atom stereocenters. The summed E-state index contributed by atoms with van der Waals surface area (Å²) in [4.78, 5) is 1.92. The van der Waals surface area contributed by atoms with E-state index in [2.05, 4.69) is 5.32 Å². The Balaban J connectivity index is 0.00000144. The first-order valence-corrected chi connectivity index (χ1v) is 4.69. The zero-order chi connectivity index (χ0) is 8.97. The predicted octanol–water partition coefficient (Wildman–Crippen LogP) is 1.31. The molecule has 0 amide bonds. The fourth-order valence-electron chi connectivity index (χ4n) is 1.70. The van der Waals surface area contributed by atoms with Crippen molar-refractivity contribution in [2.75, 3.05) is 33.7 Å². The molecule has 1 fully saturated rings. The molecule has 1 heterocycles. The number of rotatable bonds is 3. The van der Waals surface area contributed by atoms with E-state index in [9.17, 15) is 4.39 Å². The molecule has 0 saturated carbocycles. The molecule has 80 valence electrons. The number of piperidine rings is 1. The first-order chi connectivity index (χ1) is 5.70. The summed E-state index contributed by atoms with van der Waals surface area (Å²) >= 11 is 0. The lowest BCUT2D eigenvalue weighted by Gasteiger charge is -2.27. The van der Waals surface area contributed by atoms with Gasteiger partial charge in [-0.3, -0.25) is 0 Å². The average molecular weight is 211 g/mol. The van der Waals surface area contributed by atoms with Gasteiger partial charge in [0.25, 0.3) is 0 Å². The van der Waals surface area contributed by atoms with Gasteiger partial charge in [-0.1, -0.05) is 0 Å². The zero-order valence-corrected chi connectivity index (χ0v) is 9.24. The second-order valence-corrected chi connectivity index (χ2v) is 3.87. The number of hydrogen-bond donors (Lipinski definition) is 1. The average Bonchev–Trinajstić information content (AvgIpc) is 2.05. The number of nitrogens with one attached hydrogen (secondary N) is 1. The highest BCUT2D eigenvalue weighted by Crippen LogP contribution is 2.19. The summed E-state index contributed by atoms with van der Waals surface area (Å²) in [7, 11) is 3.85. The molecule has 0 aromatic rings. The van der Waals surface area contributed by atoms with Crippen molar-refractivity contribution in [3.63, 3.8) is 0 Å². The van der Waals surface area contributed by atoms with Crippen LogP contribution in [0.15, 0.2) is 0 Å². The minimum absolute atomic E-state index is 0. The number of alkyl halides is 1. The van der Waals surface area contributed by atoms with Crippen molar-refractivity contribution in [1.82, 2.24) is 10.2 Å². The van der Waals surface area contributed by atoms with Crippen LogP contribution in [0.25, 0.3) is 0 Å². The van der Waals surface area contributed by atoms with Gasteiger partial charge < -0.3 is 10.2 Å². The van der Waals surface area contributed by atoms with Crippen molar-refractivity contribution < 1.29 is 4.39 Å². The normalized spacial score (nSPS) is 21.2. The Bertz CT molecular complexity index is 127. The second-order valence-electron chi connectivity index (χ2n) is 3.87. The van der Waals surface area contributed by atoms with E-state index < -0.39 is 6.17 Å². The van der Waals surface area contributed by atoms with Crippen LogP contribution in [0.4, 0.5) is 4.39 Å². The molecule has 1 N–H and O–H groups in total. The first kappa shape index (κ1) is 13.1. The van der Waals surface area contributed by atoms with Crippen molar-refractivity contribution in [2.24, 2.45) is 5.92 Å². The van der Waals surface area contributed by atoms with Gasteiger partial charge in [-0.2, -0.15) is 0 Å². The summed E-state index contributed by atoms with van der Waals surface area (Å²) in [6.07, 6.45) is 1.35. The molecular weight excluding hydrogens is 191 g/mol. The summed E-state index contributed by atoms with van der Waals surface area (Å²) in [6, 6.07) is 0. The Labute approximate surface area is 86.3 Å². The molecule has 0 bridgehead atoms. The fourth-order valence-corrected chi connectivity index (χ4v) is 1.70. The molecule has 1 aliphatic rings. The van der Waals surface area contributed by atoms with E-state index in [1.54, 1.807) is 0 Å². The van der Waals surface area contributed by atoms with Crippen molar-refractivity contribution in [3.8, 4) is 0 Å². The summed E-state index contributed by atoms with van der Waals surface area (Å²) in [5.74, 6) is 0.286. The van der Waals surface area contributed by atoms with Crippen LogP contribution >= 0.6 is 12.4 Å². The smallest absolute Gasteiger partial charge is 0.116 e. The molecule has 1 aliphatic heterocycles. The molecule has 0 aromatic heterocycles. The zero-order valence-electron chi connectivity index (χ0n) is 8.42. The van der Waals surface area contributed by atoms with E-state index in [4.69, 9.17) is 0 Å². The SMILES string of the molecule is CN(C)CC(F)C1CCNCC1.Cl. The lowest BCUT2D eigenvalue weighted by molar-refractivity contribution is 0.150. The van der Waals surface area contributed by atoms with Crippen LogP contribution in [0.2, 0.25) is 0 Å². The number of halogens is 2. The minimum Gasteiger partial charge on any atom is -0.317 e. The van der Waals surface area contributed by atoms with Crippen LogP contribution in [0.3, 0.4) is 0 Å². The fraction of sp³-hybridized carbons (Fsp3) is 1.00. The molecule has 0 radical (unpaired) electrons. The monoisotopic (exact) mass is 210 g/mol. The molecule has 0 spiro atoms. The Morgan fingerprint density at radius 1 is 1.38 bits per heavy atom. The van der Waals surface area contributed by atoms with Crippen molar-refractivity contribution in [3.05, 3.63) is 0 Å². The van der Waals surface area contributed by atoms with E-state index in [1.165, 1.54) is 0 Å². The van der Waals surface area contributed by atoms with Crippen molar-refractivity contribution >= 4 is 12.4 Å². The quantitative estimate of drug-likeness (QED) is 0.756. The standard InChI is InChI=1S/C9H19FN2.ClH/c1-12(2)7-9(10)8-3-5-11-6-4-8;/h8-9,11H,3-7H2,1-2H3;1H. The van der Waals surface area contributed by atoms with E-state index >= 15 is 0 Å². The molecule has 2 nitrogen and oxygen atoms in total. The Hall–Kier alpha value is 0.140. The van der Waals surface area contributed by atoms with Crippen LogP contribution in [0, 0.1) is 5.92 Å². The number of nitrogens with zero attached hydrogens (tertiary/aromatic N) is 1. The predicted molar refractivity (Wildman–Crippen MR) is 56.3 cm³/mol. The van der Waals surface area contributed by atoms with Gasteiger partial charge in [0.1, 0.15) is 6.17 Å². The molecule has 1 saturated heterocycles. The molecule has 0 aromatic carbocycles. The van der Waals surface area contributed by atoms with Gasteiger partial charge in [-0.25, -0.2) is 4.39 Å². The van der Waals surface area contributed by atoms with Gasteiger partial charge in [0.2, 0.25) is 0 Å². The molecule has 1 unspecified atom stereocenters. The number of hydrogen-bond acceptors (Lipinski definition) is 2. The molecule has 1 rings (SSSR count). The highest BCUT2D eigenvalue weighted by atomic mass is 35.5. The summed E-state index contributed by atoms with van der Waals surface area (Å²) in [6.45, 7) is 2.54. The Morgan fingerprint density at radius 2 is 1.92 bits per heavy atom. The first-order valence-electron chi connectivity index (χ1n) is 4.69. The van der Waals surface area contributed by atoms with Gasteiger partial charge in [0.05, 0.1) is 0 Å². The van der Waals surface area contributed by atoms with Gasteiger partial charge in [-0.15, -0.1) is 12.4 Å². The van der Waals surface area contributed by atoms with E-state index in [0.717, 1.165) is 25.9 Å². The third-order valence-corrected chi connectivity index (χ3v) is 2.43.